The fraction of sp³-hybridized carbons (Fsp3) is 0.200. The van der Waals surface area contributed by atoms with Gasteiger partial charge in [-0.15, -0.1) is 0 Å². The predicted octanol–water partition coefficient (Wildman–Crippen LogP) is 3.17. The molecule has 2 aromatic rings. The topological polar surface area (TPSA) is 50.7 Å². The van der Waals surface area contributed by atoms with Crippen LogP contribution < -0.4 is 14.8 Å². The number of hydrogen-bond acceptors (Lipinski definition) is 4. The third-order valence-electron chi connectivity index (χ3n) is 3.16. The van der Waals surface area contributed by atoms with Gasteiger partial charge in [-0.1, -0.05) is 34.1 Å². The van der Waals surface area contributed by atoms with Crippen molar-refractivity contribution in [3.05, 3.63) is 52.0 Å². The average Bonchev–Trinajstić information content (AvgIpc) is 2.88. The fourth-order valence-corrected chi connectivity index (χ4v) is 2.55. The van der Waals surface area contributed by atoms with Crippen molar-refractivity contribution in [2.45, 2.75) is 13.1 Å². The van der Waals surface area contributed by atoms with Crippen molar-refractivity contribution in [2.75, 3.05) is 6.79 Å². The summed E-state index contributed by atoms with van der Waals surface area (Å²) in [5.41, 5.74) is 1.97. The third-order valence-corrected chi connectivity index (χ3v) is 3.90. The van der Waals surface area contributed by atoms with Crippen LogP contribution in [0.1, 0.15) is 11.1 Å². The van der Waals surface area contributed by atoms with Gasteiger partial charge in [0.25, 0.3) is 0 Å². The predicted molar refractivity (Wildman–Crippen MR) is 78.9 cm³/mol. The maximum atomic E-state index is 9.70. The van der Waals surface area contributed by atoms with Crippen LogP contribution in [-0.4, -0.2) is 11.9 Å². The van der Waals surface area contributed by atoms with Crippen molar-refractivity contribution < 1.29 is 14.6 Å². The smallest absolute Gasteiger partial charge is 0.231 e. The number of para-hydroxylation sites is 1. The average molecular weight is 336 g/mol. The number of rotatable bonds is 4. The number of halogens is 1. The molecule has 0 aliphatic carbocycles. The fourth-order valence-electron chi connectivity index (χ4n) is 2.09. The highest BCUT2D eigenvalue weighted by Crippen LogP contribution is 2.36. The molecular formula is C15H14BrNO3. The first kappa shape index (κ1) is 13.3. The number of fused-ring (bicyclic) bond motifs is 1. The quantitative estimate of drug-likeness (QED) is 0.901. The zero-order valence-electron chi connectivity index (χ0n) is 10.7. The molecule has 0 aromatic heterocycles. The molecule has 3 rings (SSSR count). The highest BCUT2D eigenvalue weighted by atomic mass is 79.9. The minimum Gasteiger partial charge on any atom is -0.508 e. The third kappa shape index (κ3) is 2.73. The van der Waals surface area contributed by atoms with Gasteiger partial charge < -0.3 is 19.9 Å². The van der Waals surface area contributed by atoms with Gasteiger partial charge >= 0.3 is 0 Å². The van der Waals surface area contributed by atoms with E-state index >= 15 is 0 Å². The molecule has 0 unspecified atom stereocenters. The van der Waals surface area contributed by atoms with E-state index in [2.05, 4.69) is 21.2 Å². The summed E-state index contributed by atoms with van der Waals surface area (Å²) in [5, 5.41) is 13.0. The first-order valence-corrected chi connectivity index (χ1v) is 7.09. The number of hydrogen-bond donors (Lipinski definition) is 2. The van der Waals surface area contributed by atoms with Crippen LogP contribution in [0.5, 0.6) is 17.2 Å². The van der Waals surface area contributed by atoms with Crippen LogP contribution in [0.2, 0.25) is 0 Å². The summed E-state index contributed by atoms with van der Waals surface area (Å²) >= 11 is 3.53. The molecule has 5 heteroatoms. The van der Waals surface area contributed by atoms with E-state index in [1.165, 1.54) is 0 Å². The molecule has 1 aliphatic heterocycles. The molecule has 4 nitrogen and oxygen atoms in total. The summed E-state index contributed by atoms with van der Waals surface area (Å²) < 4.78 is 11.7. The number of benzene rings is 2. The lowest BCUT2D eigenvalue weighted by Gasteiger charge is -2.09. The summed E-state index contributed by atoms with van der Waals surface area (Å²) in [6, 6.07) is 11.2. The Hall–Kier alpha value is -1.72. The molecular weight excluding hydrogens is 322 g/mol. The Labute approximate surface area is 125 Å². The Bertz CT molecular complexity index is 631. The van der Waals surface area contributed by atoms with Gasteiger partial charge in [-0.2, -0.15) is 0 Å². The maximum absolute atomic E-state index is 9.70. The molecule has 104 valence electrons. The van der Waals surface area contributed by atoms with Crippen LogP contribution in [0.4, 0.5) is 0 Å². The molecule has 0 spiro atoms. The van der Waals surface area contributed by atoms with Gasteiger partial charge in [-0.3, -0.25) is 0 Å². The molecule has 0 amide bonds. The minimum atomic E-state index is 0.274. The molecule has 0 fully saturated rings. The van der Waals surface area contributed by atoms with Gasteiger partial charge in [0, 0.05) is 23.1 Å². The second-order valence-electron chi connectivity index (χ2n) is 4.53. The number of phenols is 1. The SMILES string of the molecule is Oc1ccccc1CNCc1cc2c(cc1Br)OCO2. The van der Waals surface area contributed by atoms with Gasteiger partial charge in [0.1, 0.15) is 5.75 Å². The van der Waals surface area contributed by atoms with E-state index in [1.807, 2.05) is 30.3 Å². The van der Waals surface area contributed by atoms with E-state index in [4.69, 9.17) is 9.47 Å². The largest absolute Gasteiger partial charge is 0.508 e. The lowest BCUT2D eigenvalue weighted by Crippen LogP contribution is -2.13. The highest BCUT2D eigenvalue weighted by Gasteiger charge is 2.16. The van der Waals surface area contributed by atoms with Crippen LogP contribution in [-0.2, 0) is 13.1 Å². The molecule has 0 atom stereocenters. The Morgan fingerprint density at radius 3 is 2.55 bits per heavy atom. The van der Waals surface area contributed by atoms with Gasteiger partial charge in [-0.05, 0) is 23.8 Å². The number of ether oxygens (including phenoxy) is 2. The molecule has 2 aromatic carbocycles. The zero-order valence-corrected chi connectivity index (χ0v) is 12.3. The minimum absolute atomic E-state index is 0.274. The summed E-state index contributed by atoms with van der Waals surface area (Å²) in [6.07, 6.45) is 0. The standard InChI is InChI=1S/C15H14BrNO3/c16-12-6-15-14(19-9-20-15)5-11(12)8-17-7-10-3-1-2-4-13(10)18/h1-6,17-18H,7-9H2. The van der Waals surface area contributed by atoms with Crippen molar-refractivity contribution in [3.63, 3.8) is 0 Å². The van der Waals surface area contributed by atoms with E-state index in [0.717, 1.165) is 27.1 Å². The van der Waals surface area contributed by atoms with Gasteiger partial charge in [0.15, 0.2) is 11.5 Å². The molecule has 0 saturated heterocycles. The highest BCUT2D eigenvalue weighted by molar-refractivity contribution is 9.10. The van der Waals surface area contributed by atoms with Crippen LogP contribution in [0.25, 0.3) is 0 Å². The maximum Gasteiger partial charge on any atom is 0.231 e. The first-order valence-electron chi connectivity index (χ1n) is 6.29. The Morgan fingerprint density at radius 1 is 1.05 bits per heavy atom. The molecule has 20 heavy (non-hydrogen) atoms. The molecule has 2 N–H and O–H groups in total. The van der Waals surface area contributed by atoms with Gasteiger partial charge in [0.2, 0.25) is 6.79 Å². The van der Waals surface area contributed by atoms with Gasteiger partial charge in [-0.25, -0.2) is 0 Å². The summed E-state index contributed by atoms with van der Waals surface area (Å²) in [4.78, 5) is 0. The van der Waals surface area contributed by atoms with Crippen molar-refractivity contribution in [1.82, 2.24) is 5.32 Å². The molecule has 1 heterocycles. The van der Waals surface area contributed by atoms with Crippen molar-refractivity contribution >= 4 is 15.9 Å². The monoisotopic (exact) mass is 335 g/mol. The van der Waals surface area contributed by atoms with Crippen molar-refractivity contribution in [3.8, 4) is 17.2 Å². The Kier molecular flexibility index (Phi) is 3.80. The lowest BCUT2D eigenvalue weighted by molar-refractivity contribution is 0.174. The summed E-state index contributed by atoms with van der Waals surface area (Å²) in [7, 11) is 0. The Morgan fingerprint density at radius 2 is 1.75 bits per heavy atom. The number of phenolic OH excluding ortho intramolecular Hbond substituents is 1. The number of aromatic hydroxyl groups is 1. The molecule has 0 saturated carbocycles. The summed E-state index contributed by atoms with van der Waals surface area (Å²) in [6.45, 7) is 1.55. The van der Waals surface area contributed by atoms with Gasteiger partial charge in [0.05, 0.1) is 0 Å². The van der Waals surface area contributed by atoms with E-state index in [-0.39, 0.29) is 6.79 Å². The normalized spacial score (nSPS) is 12.7. The van der Waals surface area contributed by atoms with E-state index in [9.17, 15) is 5.11 Å². The van der Waals surface area contributed by atoms with Crippen LogP contribution >= 0.6 is 15.9 Å². The lowest BCUT2D eigenvalue weighted by atomic mass is 10.1. The zero-order chi connectivity index (χ0) is 13.9. The summed E-state index contributed by atoms with van der Waals surface area (Å²) in [5.74, 6) is 1.85. The molecule has 1 aliphatic rings. The van der Waals surface area contributed by atoms with E-state index in [0.29, 0.717) is 18.8 Å². The first-order chi connectivity index (χ1) is 9.74. The van der Waals surface area contributed by atoms with Crippen molar-refractivity contribution in [1.29, 1.82) is 0 Å². The van der Waals surface area contributed by atoms with E-state index in [1.54, 1.807) is 6.07 Å². The van der Waals surface area contributed by atoms with Crippen molar-refractivity contribution in [2.24, 2.45) is 0 Å². The van der Waals surface area contributed by atoms with E-state index < -0.39 is 0 Å². The Balaban J connectivity index is 1.66. The molecule has 0 radical (unpaired) electrons. The number of nitrogens with one attached hydrogen (secondary N) is 1. The van der Waals surface area contributed by atoms with Crippen LogP contribution in [0, 0.1) is 0 Å². The molecule has 0 bridgehead atoms. The second kappa shape index (κ2) is 5.73. The second-order valence-corrected chi connectivity index (χ2v) is 5.38. The van der Waals surface area contributed by atoms with Crippen LogP contribution in [0.15, 0.2) is 40.9 Å². The van der Waals surface area contributed by atoms with Crippen LogP contribution in [0.3, 0.4) is 0 Å².